The highest BCUT2D eigenvalue weighted by Crippen LogP contribution is 2.30. The normalized spacial score (nSPS) is 13.5. The molecule has 1 unspecified atom stereocenters. The van der Waals surface area contributed by atoms with Crippen LogP contribution in [0.3, 0.4) is 0 Å². The van der Waals surface area contributed by atoms with E-state index in [0.29, 0.717) is 11.7 Å². The zero-order valence-electron chi connectivity index (χ0n) is 15.7. The third-order valence-electron chi connectivity index (χ3n) is 4.29. The fourth-order valence-corrected chi connectivity index (χ4v) is 3.85. The van der Waals surface area contributed by atoms with E-state index in [1.807, 2.05) is 12.1 Å². The van der Waals surface area contributed by atoms with Crippen LogP contribution in [-0.2, 0) is 19.6 Å². The monoisotopic (exact) mass is 405 g/mol. The minimum absolute atomic E-state index is 0.0752. The van der Waals surface area contributed by atoms with Crippen LogP contribution in [-0.4, -0.2) is 31.8 Å². The van der Waals surface area contributed by atoms with Gasteiger partial charge in [-0.15, -0.1) is 0 Å². The Balaban J connectivity index is 2.26. The molecule has 0 radical (unpaired) electrons. The fraction of sp³-hybridized carbons (Fsp3) is 0.300. The second-order valence-corrected chi connectivity index (χ2v) is 8.07. The number of carbonyl (C=O) groups is 2. The number of hydrogen-bond acceptors (Lipinski definition) is 5. The second kappa shape index (κ2) is 9.48. The topological polar surface area (TPSA) is 110 Å². The maximum Gasteiger partial charge on any atom is 0.305 e. The van der Waals surface area contributed by atoms with Crippen molar-refractivity contribution in [3.8, 4) is 11.5 Å². The van der Waals surface area contributed by atoms with Crippen LogP contribution in [0.1, 0.15) is 38.2 Å². The predicted molar refractivity (Wildman–Crippen MR) is 104 cm³/mol. The summed E-state index contributed by atoms with van der Waals surface area (Å²) >= 11 is 0. The van der Waals surface area contributed by atoms with Gasteiger partial charge in [0.25, 0.3) is 0 Å². The molecule has 2 rings (SSSR count). The zero-order chi connectivity index (χ0) is 20.7. The Labute approximate surface area is 164 Å². The van der Waals surface area contributed by atoms with Crippen LogP contribution < -0.4 is 9.46 Å². The third kappa shape index (κ3) is 5.64. The van der Waals surface area contributed by atoms with Crippen molar-refractivity contribution >= 4 is 22.3 Å². The Morgan fingerprint density at radius 2 is 1.82 bits per heavy atom. The molecule has 0 aliphatic rings. The number of ether oxygens (including phenoxy) is 1. The molecule has 0 aliphatic carbocycles. The molecule has 0 saturated heterocycles. The summed E-state index contributed by atoms with van der Waals surface area (Å²) in [4.78, 5) is 21.6. The smallest absolute Gasteiger partial charge is 0.305 e. The van der Waals surface area contributed by atoms with E-state index in [1.165, 1.54) is 18.2 Å². The number of carboxylic acid groups (broad SMARTS) is 1. The van der Waals surface area contributed by atoms with E-state index in [4.69, 9.17) is 9.84 Å². The predicted octanol–water partition coefficient (Wildman–Crippen LogP) is 3.31. The Bertz CT molecular complexity index is 924. The molecule has 28 heavy (non-hydrogen) atoms. The molecule has 0 aromatic heterocycles. The summed E-state index contributed by atoms with van der Waals surface area (Å²) in [6.07, 6.45) is 0.604. The van der Waals surface area contributed by atoms with Crippen LogP contribution in [0.25, 0.3) is 0 Å². The number of aldehydes is 1. The first-order valence-corrected chi connectivity index (χ1v) is 10.3. The van der Waals surface area contributed by atoms with Crippen molar-refractivity contribution in [2.75, 3.05) is 0 Å². The molecule has 2 aromatic rings. The van der Waals surface area contributed by atoms with Gasteiger partial charge < -0.3 is 14.6 Å². The lowest BCUT2D eigenvalue weighted by Crippen LogP contribution is -2.37. The highest BCUT2D eigenvalue weighted by Gasteiger charge is 2.25. The van der Waals surface area contributed by atoms with E-state index < -0.39 is 28.5 Å². The van der Waals surface area contributed by atoms with Gasteiger partial charge >= 0.3 is 5.97 Å². The molecule has 2 aromatic carbocycles. The molecule has 0 fully saturated rings. The zero-order valence-corrected chi connectivity index (χ0v) is 16.5. The second-order valence-electron chi connectivity index (χ2n) is 6.39. The highest BCUT2D eigenvalue weighted by atomic mass is 32.2. The third-order valence-corrected chi connectivity index (χ3v) is 5.82. The van der Waals surface area contributed by atoms with Gasteiger partial charge in [0.15, 0.2) is 0 Å². The summed E-state index contributed by atoms with van der Waals surface area (Å²) in [5.41, 5.74) is 1.15. The van der Waals surface area contributed by atoms with Crippen molar-refractivity contribution in [1.29, 1.82) is 0 Å². The van der Waals surface area contributed by atoms with Crippen LogP contribution in [0.5, 0.6) is 11.5 Å². The van der Waals surface area contributed by atoms with E-state index in [1.54, 1.807) is 18.2 Å². The van der Waals surface area contributed by atoms with E-state index in [-0.39, 0.29) is 16.9 Å². The van der Waals surface area contributed by atoms with E-state index in [9.17, 15) is 18.0 Å². The Morgan fingerprint density at radius 1 is 1.18 bits per heavy atom. The first kappa shape index (κ1) is 21.6. The summed E-state index contributed by atoms with van der Waals surface area (Å²) < 4.78 is 33.1. The molecule has 0 heterocycles. The number of carboxylic acids is 1. The highest BCUT2D eigenvalue weighted by molar-refractivity contribution is 7.89. The molecule has 2 N–H and O–H groups in total. The minimum Gasteiger partial charge on any atom is -0.481 e. The molecule has 150 valence electrons. The Kier molecular flexibility index (Phi) is 7.31. The summed E-state index contributed by atoms with van der Waals surface area (Å²) in [6, 6.07) is 12.0. The van der Waals surface area contributed by atoms with Crippen molar-refractivity contribution in [2.24, 2.45) is 0 Å². The fourth-order valence-electron chi connectivity index (χ4n) is 2.55. The average Bonchev–Trinajstić information content (AvgIpc) is 2.67. The van der Waals surface area contributed by atoms with E-state index in [0.717, 1.165) is 12.0 Å². The van der Waals surface area contributed by atoms with Gasteiger partial charge in [0, 0.05) is 0 Å². The molecular formula is C20H23NO6S. The standard InChI is InChI=1S/C20H23NO6S/c1-3-14(2)15-8-10-17(11-9-15)27-18-6-4-5-7-19(18)28(25,26)21-16(13-22)12-20(23)24/h4-11,13-14,16,21H,3,12H2,1-2H3,(H,23,24)/t14?,16-/m0/s1. The van der Waals surface area contributed by atoms with Crippen LogP contribution >= 0.6 is 0 Å². The number of benzene rings is 2. The van der Waals surface area contributed by atoms with Crippen molar-refractivity contribution < 1.29 is 27.9 Å². The molecule has 0 bridgehead atoms. The van der Waals surface area contributed by atoms with Gasteiger partial charge in [-0.2, -0.15) is 0 Å². The van der Waals surface area contributed by atoms with Crippen molar-refractivity contribution in [1.82, 2.24) is 4.72 Å². The van der Waals surface area contributed by atoms with Gasteiger partial charge in [-0.3, -0.25) is 4.79 Å². The number of aliphatic carboxylic acids is 1. The Morgan fingerprint density at radius 3 is 2.39 bits per heavy atom. The van der Waals surface area contributed by atoms with Gasteiger partial charge in [-0.25, -0.2) is 13.1 Å². The van der Waals surface area contributed by atoms with Gasteiger partial charge in [0.05, 0.1) is 12.5 Å². The minimum atomic E-state index is -4.16. The number of rotatable bonds is 10. The molecule has 8 heteroatoms. The van der Waals surface area contributed by atoms with E-state index >= 15 is 0 Å². The summed E-state index contributed by atoms with van der Waals surface area (Å²) in [6.45, 7) is 4.21. The maximum atomic E-state index is 12.6. The van der Waals surface area contributed by atoms with Crippen molar-refractivity contribution in [3.05, 3.63) is 54.1 Å². The first-order chi connectivity index (χ1) is 13.3. The molecule has 0 saturated carbocycles. The van der Waals surface area contributed by atoms with Gasteiger partial charge in [-0.1, -0.05) is 38.1 Å². The molecule has 7 nitrogen and oxygen atoms in total. The maximum absolute atomic E-state index is 12.6. The number of hydrogen-bond donors (Lipinski definition) is 2. The average molecular weight is 405 g/mol. The van der Waals surface area contributed by atoms with Crippen LogP contribution in [0.4, 0.5) is 0 Å². The lowest BCUT2D eigenvalue weighted by Gasteiger charge is -2.15. The van der Waals surface area contributed by atoms with Gasteiger partial charge in [-0.05, 0) is 42.2 Å². The van der Waals surface area contributed by atoms with Crippen LogP contribution in [0, 0.1) is 0 Å². The molecule has 2 atom stereocenters. The number of carbonyl (C=O) groups excluding carboxylic acids is 1. The van der Waals surface area contributed by atoms with Crippen LogP contribution in [0.2, 0.25) is 0 Å². The summed E-state index contributed by atoms with van der Waals surface area (Å²) in [5, 5.41) is 8.79. The lowest BCUT2D eigenvalue weighted by atomic mass is 9.99. The number of nitrogens with one attached hydrogen (secondary N) is 1. The summed E-state index contributed by atoms with van der Waals surface area (Å²) in [7, 11) is -4.16. The molecule has 0 spiro atoms. The van der Waals surface area contributed by atoms with Gasteiger partial charge in [0.2, 0.25) is 10.0 Å². The quantitative estimate of drug-likeness (QED) is 0.587. The largest absolute Gasteiger partial charge is 0.481 e. The lowest BCUT2D eigenvalue weighted by molar-refractivity contribution is -0.138. The van der Waals surface area contributed by atoms with Crippen LogP contribution in [0.15, 0.2) is 53.4 Å². The number of sulfonamides is 1. The number of para-hydroxylation sites is 1. The first-order valence-electron chi connectivity index (χ1n) is 8.83. The molecule has 0 amide bonds. The molecule has 0 aliphatic heterocycles. The van der Waals surface area contributed by atoms with Gasteiger partial charge in [0.1, 0.15) is 22.7 Å². The summed E-state index contributed by atoms with van der Waals surface area (Å²) in [5.74, 6) is -0.343. The molecular weight excluding hydrogens is 382 g/mol. The Hall–Kier alpha value is -2.71. The van der Waals surface area contributed by atoms with Crippen molar-refractivity contribution in [2.45, 2.75) is 43.5 Å². The SMILES string of the molecule is CCC(C)c1ccc(Oc2ccccc2S(=O)(=O)N[C@H](C=O)CC(=O)O)cc1. The van der Waals surface area contributed by atoms with Crippen molar-refractivity contribution in [3.63, 3.8) is 0 Å². The van der Waals surface area contributed by atoms with E-state index in [2.05, 4.69) is 18.6 Å².